The summed E-state index contributed by atoms with van der Waals surface area (Å²) in [6.07, 6.45) is 5.31. The Labute approximate surface area is 148 Å². The summed E-state index contributed by atoms with van der Waals surface area (Å²) in [5.41, 5.74) is 5.81. The number of fused-ring (bicyclic) bond motifs is 4. The van der Waals surface area contributed by atoms with Crippen LogP contribution in [-0.4, -0.2) is 41.3 Å². The molecule has 3 heterocycles. The molecule has 0 fully saturated rings. The highest BCUT2D eigenvalue weighted by molar-refractivity contribution is 5.67. The van der Waals surface area contributed by atoms with Crippen LogP contribution in [-0.2, 0) is 6.42 Å². The van der Waals surface area contributed by atoms with E-state index in [0.717, 1.165) is 56.1 Å². The van der Waals surface area contributed by atoms with Crippen LogP contribution in [0.15, 0.2) is 36.5 Å². The van der Waals surface area contributed by atoms with Gasteiger partial charge < -0.3 is 10.2 Å². The van der Waals surface area contributed by atoms with Gasteiger partial charge in [0.25, 0.3) is 0 Å². The highest BCUT2D eigenvalue weighted by Gasteiger charge is 2.13. The molecule has 0 aliphatic carbocycles. The lowest BCUT2D eigenvalue weighted by Gasteiger charge is -2.18. The van der Waals surface area contributed by atoms with Gasteiger partial charge in [0, 0.05) is 19.2 Å². The monoisotopic (exact) mass is 335 g/mol. The van der Waals surface area contributed by atoms with Gasteiger partial charge >= 0.3 is 0 Å². The van der Waals surface area contributed by atoms with Gasteiger partial charge in [-0.15, -0.1) is 5.10 Å². The van der Waals surface area contributed by atoms with Gasteiger partial charge in [-0.1, -0.05) is 12.1 Å². The van der Waals surface area contributed by atoms with Crippen molar-refractivity contribution >= 4 is 11.5 Å². The number of rotatable bonds is 0. The summed E-state index contributed by atoms with van der Waals surface area (Å²) in [5.74, 6) is 0.982. The summed E-state index contributed by atoms with van der Waals surface area (Å²) in [6, 6.07) is 10.9. The number of hydrogen-bond donors (Lipinski definition) is 1. The molecule has 0 saturated carbocycles. The maximum absolute atomic E-state index is 4.86. The smallest absolute Gasteiger partial charge is 0.154 e. The van der Waals surface area contributed by atoms with E-state index in [2.05, 4.69) is 59.5 Å². The van der Waals surface area contributed by atoms with Crippen LogP contribution in [0.25, 0.3) is 16.9 Å². The molecule has 0 unspecified atom stereocenters. The summed E-state index contributed by atoms with van der Waals surface area (Å²) in [6.45, 7) is 5.25. The normalized spacial score (nSPS) is 16.0. The molecule has 5 nitrogen and oxygen atoms in total. The van der Waals surface area contributed by atoms with Crippen LogP contribution in [0.5, 0.6) is 0 Å². The quantitative estimate of drug-likeness (QED) is 0.686. The van der Waals surface area contributed by atoms with Gasteiger partial charge in [0.15, 0.2) is 5.65 Å². The molecule has 1 aromatic carbocycles. The van der Waals surface area contributed by atoms with Crippen LogP contribution in [0.4, 0.5) is 5.82 Å². The van der Waals surface area contributed by atoms with E-state index in [1.165, 1.54) is 16.7 Å². The van der Waals surface area contributed by atoms with E-state index in [0.29, 0.717) is 0 Å². The molecule has 2 aromatic heterocycles. The minimum atomic E-state index is 0.892. The number of anilines is 1. The first-order valence-corrected chi connectivity index (χ1v) is 9.09. The van der Waals surface area contributed by atoms with E-state index in [1.54, 1.807) is 0 Å². The van der Waals surface area contributed by atoms with E-state index in [1.807, 2.05) is 10.7 Å². The minimum Gasteiger partial charge on any atom is -0.358 e. The number of nitrogens with one attached hydrogen (secondary N) is 1. The molecule has 5 heteroatoms. The zero-order valence-corrected chi connectivity index (χ0v) is 15.0. The summed E-state index contributed by atoms with van der Waals surface area (Å²) in [5, 5.41) is 8.41. The Morgan fingerprint density at radius 1 is 1.08 bits per heavy atom. The number of imidazole rings is 1. The van der Waals surface area contributed by atoms with E-state index in [4.69, 9.17) is 5.10 Å². The number of benzene rings is 1. The second kappa shape index (κ2) is 6.84. The lowest BCUT2D eigenvalue weighted by Crippen LogP contribution is -2.25. The van der Waals surface area contributed by atoms with E-state index >= 15 is 0 Å². The Morgan fingerprint density at radius 3 is 2.88 bits per heavy atom. The van der Waals surface area contributed by atoms with Crippen molar-refractivity contribution < 1.29 is 0 Å². The van der Waals surface area contributed by atoms with Crippen molar-refractivity contribution in [3.63, 3.8) is 0 Å². The fourth-order valence-corrected chi connectivity index (χ4v) is 3.45. The maximum atomic E-state index is 4.86. The Hall–Kier alpha value is -2.40. The fourth-order valence-electron chi connectivity index (χ4n) is 3.45. The fraction of sp³-hybridized carbons (Fsp3) is 0.400. The Bertz CT molecular complexity index is 883. The summed E-state index contributed by atoms with van der Waals surface area (Å²) < 4.78 is 1.98. The van der Waals surface area contributed by atoms with Gasteiger partial charge in [-0.2, -0.15) is 0 Å². The van der Waals surface area contributed by atoms with Crippen molar-refractivity contribution in [1.82, 2.24) is 19.9 Å². The van der Waals surface area contributed by atoms with Crippen LogP contribution in [0, 0.1) is 6.92 Å². The first-order chi connectivity index (χ1) is 12.2. The molecule has 25 heavy (non-hydrogen) atoms. The molecular weight excluding hydrogens is 310 g/mol. The Morgan fingerprint density at radius 2 is 1.96 bits per heavy atom. The molecule has 1 aliphatic rings. The van der Waals surface area contributed by atoms with Crippen molar-refractivity contribution in [2.24, 2.45) is 0 Å². The molecule has 0 saturated heterocycles. The molecule has 0 atom stereocenters. The first kappa shape index (κ1) is 16.1. The molecule has 1 aliphatic heterocycles. The third-order valence-electron chi connectivity index (χ3n) is 4.98. The molecule has 1 N–H and O–H groups in total. The zero-order valence-electron chi connectivity index (χ0n) is 15.0. The van der Waals surface area contributed by atoms with Crippen molar-refractivity contribution in [1.29, 1.82) is 0 Å². The van der Waals surface area contributed by atoms with Gasteiger partial charge in [0.1, 0.15) is 5.82 Å². The number of nitrogens with zero attached hydrogens (tertiary/aromatic N) is 4. The van der Waals surface area contributed by atoms with Gasteiger partial charge in [-0.05, 0) is 68.6 Å². The highest BCUT2D eigenvalue weighted by Crippen LogP contribution is 2.26. The largest absolute Gasteiger partial charge is 0.358 e. The molecule has 4 rings (SSSR count). The van der Waals surface area contributed by atoms with Gasteiger partial charge in [-0.25, -0.2) is 9.50 Å². The molecule has 0 amide bonds. The molecule has 4 bridgehead atoms. The highest BCUT2D eigenvalue weighted by atomic mass is 15.3. The average molecular weight is 335 g/mol. The van der Waals surface area contributed by atoms with E-state index < -0.39 is 0 Å². The Balaban J connectivity index is 1.85. The molecular formula is C20H25N5. The van der Waals surface area contributed by atoms with E-state index in [9.17, 15) is 0 Å². The predicted molar refractivity (Wildman–Crippen MR) is 102 cm³/mol. The molecule has 0 radical (unpaired) electrons. The number of aromatic nitrogens is 3. The third kappa shape index (κ3) is 3.24. The maximum Gasteiger partial charge on any atom is 0.154 e. The van der Waals surface area contributed by atoms with Crippen LogP contribution >= 0.6 is 0 Å². The summed E-state index contributed by atoms with van der Waals surface area (Å²) in [4.78, 5) is 6.77. The number of aryl methyl sites for hydroxylation is 2. The van der Waals surface area contributed by atoms with Crippen LogP contribution in [0.3, 0.4) is 0 Å². The SMILES string of the molecule is Cc1ccc2cc1-c1cnc3ccc(nn13)N(C)CCCNCCC2. The average Bonchev–Trinajstić information content (AvgIpc) is 3.04. The van der Waals surface area contributed by atoms with Gasteiger partial charge in [0.05, 0.1) is 11.9 Å². The van der Waals surface area contributed by atoms with Crippen molar-refractivity contribution in [2.75, 3.05) is 31.6 Å². The van der Waals surface area contributed by atoms with Crippen LogP contribution in [0.2, 0.25) is 0 Å². The van der Waals surface area contributed by atoms with Crippen molar-refractivity contribution in [2.45, 2.75) is 26.2 Å². The van der Waals surface area contributed by atoms with E-state index in [-0.39, 0.29) is 0 Å². The van der Waals surface area contributed by atoms with Crippen molar-refractivity contribution in [3.05, 3.63) is 47.7 Å². The second-order valence-electron chi connectivity index (χ2n) is 6.88. The lowest BCUT2D eigenvalue weighted by atomic mass is 10.00. The second-order valence-corrected chi connectivity index (χ2v) is 6.88. The van der Waals surface area contributed by atoms with Crippen LogP contribution in [0.1, 0.15) is 24.0 Å². The summed E-state index contributed by atoms with van der Waals surface area (Å²) in [7, 11) is 2.11. The Kier molecular flexibility index (Phi) is 4.40. The topological polar surface area (TPSA) is 45.5 Å². The zero-order chi connectivity index (χ0) is 17.2. The third-order valence-corrected chi connectivity index (χ3v) is 4.98. The van der Waals surface area contributed by atoms with Crippen LogP contribution < -0.4 is 10.2 Å². The lowest BCUT2D eigenvalue weighted by molar-refractivity contribution is 0.619. The molecule has 130 valence electrons. The van der Waals surface area contributed by atoms with Gasteiger partial charge in [-0.3, -0.25) is 0 Å². The predicted octanol–water partition coefficient (Wildman–Crippen LogP) is 3.07. The summed E-state index contributed by atoms with van der Waals surface area (Å²) >= 11 is 0. The molecule has 0 spiro atoms. The standard InChI is InChI=1S/C20H25N5/c1-15-6-7-16-5-3-10-21-11-4-12-24(2)20-9-8-19-22-14-18(17(15)13-16)25(19)23-20/h6-9,13-14,21H,3-5,10-12H2,1-2H3. The first-order valence-electron chi connectivity index (χ1n) is 9.09. The van der Waals surface area contributed by atoms with Gasteiger partial charge in [0.2, 0.25) is 0 Å². The molecule has 3 aromatic rings. The van der Waals surface area contributed by atoms with Crippen molar-refractivity contribution in [3.8, 4) is 11.3 Å². The number of hydrogen-bond acceptors (Lipinski definition) is 4. The minimum absolute atomic E-state index is 0.892.